The molecular weight excluding hydrogens is 406 g/mol. The minimum atomic E-state index is -0.428. The number of hydrogen-bond donors (Lipinski definition) is 3. The number of phenolic OH excluding ortho intramolecular Hbond substituents is 1. The van der Waals surface area contributed by atoms with Gasteiger partial charge in [0.15, 0.2) is 11.0 Å². The highest BCUT2D eigenvalue weighted by molar-refractivity contribution is 7.99. The Kier molecular flexibility index (Phi) is 6.91. The molecule has 0 aliphatic rings. The van der Waals surface area contributed by atoms with Crippen LogP contribution in [0.15, 0.2) is 53.7 Å². The first-order valence-corrected chi connectivity index (χ1v) is 10.1. The van der Waals surface area contributed by atoms with E-state index in [1.54, 1.807) is 55.6 Å². The number of aromatic hydroxyl groups is 1. The van der Waals surface area contributed by atoms with E-state index in [4.69, 9.17) is 4.74 Å². The summed E-state index contributed by atoms with van der Waals surface area (Å²) in [5.41, 5.74) is 5.97. The Hall–Kier alpha value is -3.53. The van der Waals surface area contributed by atoms with Gasteiger partial charge in [0.2, 0.25) is 5.91 Å². The predicted molar refractivity (Wildman–Crippen MR) is 112 cm³/mol. The molecule has 0 spiro atoms. The molecule has 2 amide bonds. The number of hydrogen-bond acceptors (Lipinski definition) is 7. The summed E-state index contributed by atoms with van der Waals surface area (Å²) in [6.07, 6.45) is 0. The van der Waals surface area contributed by atoms with Crippen LogP contribution in [-0.4, -0.2) is 44.5 Å². The average Bonchev–Trinajstić information content (AvgIpc) is 3.19. The average molecular weight is 427 g/mol. The Morgan fingerprint density at radius 2 is 1.77 bits per heavy atom. The molecule has 2 aromatic carbocycles. The summed E-state index contributed by atoms with van der Waals surface area (Å²) in [6, 6.07) is 13.2. The molecular formula is C20H21N5O4S. The zero-order valence-corrected chi connectivity index (χ0v) is 17.3. The van der Waals surface area contributed by atoms with Crippen LogP contribution in [0.2, 0.25) is 0 Å². The maximum Gasteiger partial charge on any atom is 0.269 e. The Labute approximate surface area is 177 Å². The lowest BCUT2D eigenvalue weighted by molar-refractivity contribution is -0.119. The van der Waals surface area contributed by atoms with E-state index < -0.39 is 5.91 Å². The van der Waals surface area contributed by atoms with Gasteiger partial charge in [0.05, 0.1) is 12.9 Å². The van der Waals surface area contributed by atoms with Crippen LogP contribution in [0, 0.1) is 0 Å². The van der Waals surface area contributed by atoms with Gasteiger partial charge < -0.3 is 14.4 Å². The Balaban J connectivity index is 1.55. The third-order valence-corrected chi connectivity index (χ3v) is 5.13. The maximum absolute atomic E-state index is 12.1. The standard InChI is InChI=1S/C20H21N5O4S/c1-3-25-18(13-4-8-15(26)9-5-13)22-24-20(25)30-12-17(27)21-23-19(28)14-6-10-16(29-2)11-7-14/h4-11,26H,3,12H2,1-2H3,(H,21,27)(H,23,28). The smallest absolute Gasteiger partial charge is 0.269 e. The van der Waals surface area contributed by atoms with Crippen molar-refractivity contribution in [2.75, 3.05) is 12.9 Å². The largest absolute Gasteiger partial charge is 0.508 e. The van der Waals surface area contributed by atoms with Crippen LogP contribution in [0.25, 0.3) is 11.4 Å². The van der Waals surface area contributed by atoms with Crippen LogP contribution >= 0.6 is 11.8 Å². The molecule has 0 atom stereocenters. The molecule has 1 heterocycles. The number of carbonyl (C=O) groups is 2. The molecule has 30 heavy (non-hydrogen) atoms. The fourth-order valence-electron chi connectivity index (χ4n) is 2.61. The van der Waals surface area contributed by atoms with Crippen molar-refractivity contribution in [1.82, 2.24) is 25.6 Å². The highest BCUT2D eigenvalue weighted by atomic mass is 32.2. The van der Waals surface area contributed by atoms with Crippen molar-refractivity contribution < 1.29 is 19.4 Å². The normalized spacial score (nSPS) is 10.5. The lowest BCUT2D eigenvalue weighted by Gasteiger charge is -2.09. The SMILES string of the molecule is CCn1c(SCC(=O)NNC(=O)c2ccc(OC)cc2)nnc1-c1ccc(O)cc1. The summed E-state index contributed by atoms with van der Waals surface area (Å²) >= 11 is 1.21. The number of benzene rings is 2. The van der Waals surface area contributed by atoms with Crippen LogP contribution in [-0.2, 0) is 11.3 Å². The molecule has 3 N–H and O–H groups in total. The first kappa shape index (κ1) is 21.2. The number of nitrogens with zero attached hydrogens (tertiary/aromatic N) is 3. The number of rotatable bonds is 7. The molecule has 0 unspecified atom stereocenters. The molecule has 0 fully saturated rings. The summed E-state index contributed by atoms with van der Waals surface area (Å²) in [7, 11) is 1.54. The van der Waals surface area contributed by atoms with Crippen molar-refractivity contribution in [2.45, 2.75) is 18.6 Å². The molecule has 3 rings (SSSR count). The number of methoxy groups -OCH3 is 1. The van der Waals surface area contributed by atoms with Gasteiger partial charge in [-0.15, -0.1) is 10.2 Å². The van der Waals surface area contributed by atoms with Crippen molar-refractivity contribution in [2.24, 2.45) is 0 Å². The maximum atomic E-state index is 12.1. The number of hydrazine groups is 1. The number of nitrogens with one attached hydrogen (secondary N) is 2. The van der Waals surface area contributed by atoms with Crippen molar-refractivity contribution >= 4 is 23.6 Å². The Bertz CT molecular complexity index is 1020. The Morgan fingerprint density at radius 3 is 2.40 bits per heavy atom. The molecule has 9 nitrogen and oxygen atoms in total. The minimum Gasteiger partial charge on any atom is -0.508 e. The molecule has 0 saturated carbocycles. The van der Waals surface area contributed by atoms with E-state index in [2.05, 4.69) is 21.0 Å². The summed E-state index contributed by atoms with van der Waals surface area (Å²) in [5.74, 6) is 0.702. The van der Waals surface area contributed by atoms with Crippen LogP contribution in [0.4, 0.5) is 0 Å². The third-order valence-electron chi connectivity index (χ3n) is 4.16. The molecule has 156 valence electrons. The van der Waals surface area contributed by atoms with Crippen molar-refractivity contribution in [1.29, 1.82) is 0 Å². The number of thioether (sulfide) groups is 1. The van der Waals surface area contributed by atoms with Gasteiger partial charge in [-0.05, 0) is 55.5 Å². The minimum absolute atomic E-state index is 0.0522. The van der Waals surface area contributed by atoms with Crippen molar-refractivity contribution in [3.05, 3.63) is 54.1 Å². The van der Waals surface area contributed by atoms with E-state index in [1.165, 1.54) is 11.8 Å². The zero-order chi connectivity index (χ0) is 21.5. The van der Waals surface area contributed by atoms with Gasteiger partial charge in [0.25, 0.3) is 5.91 Å². The van der Waals surface area contributed by atoms with Gasteiger partial charge in [-0.2, -0.15) is 0 Å². The highest BCUT2D eigenvalue weighted by Gasteiger charge is 2.15. The molecule has 1 aromatic heterocycles. The molecule has 0 aliphatic carbocycles. The van der Waals surface area contributed by atoms with Crippen LogP contribution in [0.5, 0.6) is 11.5 Å². The van der Waals surface area contributed by atoms with Gasteiger partial charge >= 0.3 is 0 Å². The monoisotopic (exact) mass is 427 g/mol. The Morgan fingerprint density at radius 1 is 1.07 bits per heavy atom. The fourth-order valence-corrected chi connectivity index (χ4v) is 3.41. The molecule has 0 radical (unpaired) electrons. The predicted octanol–water partition coefficient (Wildman–Crippen LogP) is 2.23. The second kappa shape index (κ2) is 9.79. The number of carbonyl (C=O) groups excluding carboxylic acids is 2. The van der Waals surface area contributed by atoms with Gasteiger partial charge in [-0.3, -0.25) is 20.4 Å². The van der Waals surface area contributed by atoms with Crippen molar-refractivity contribution in [3.8, 4) is 22.9 Å². The molecule has 0 aliphatic heterocycles. The first-order chi connectivity index (χ1) is 14.5. The van der Waals surface area contributed by atoms with E-state index in [-0.39, 0.29) is 17.4 Å². The van der Waals surface area contributed by atoms with Gasteiger partial charge in [0, 0.05) is 17.7 Å². The molecule has 10 heteroatoms. The molecule has 3 aromatic rings. The fraction of sp³-hybridized carbons (Fsp3) is 0.200. The summed E-state index contributed by atoms with van der Waals surface area (Å²) in [6.45, 7) is 2.56. The molecule has 0 bridgehead atoms. The summed E-state index contributed by atoms with van der Waals surface area (Å²) in [4.78, 5) is 24.2. The zero-order valence-electron chi connectivity index (χ0n) is 16.5. The molecule has 0 saturated heterocycles. The third kappa shape index (κ3) is 5.09. The van der Waals surface area contributed by atoms with Gasteiger partial charge in [-0.1, -0.05) is 11.8 Å². The van der Waals surface area contributed by atoms with E-state index >= 15 is 0 Å². The summed E-state index contributed by atoms with van der Waals surface area (Å²) in [5, 5.41) is 18.4. The lowest BCUT2D eigenvalue weighted by atomic mass is 10.2. The van der Waals surface area contributed by atoms with Crippen LogP contribution in [0.1, 0.15) is 17.3 Å². The quantitative estimate of drug-likeness (QED) is 0.391. The number of phenols is 1. The second-order valence-electron chi connectivity index (χ2n) is 6.12. The second-order valence-corrected chi connectivity index (χ2v) is 7.06. The number of aromatic nitrogens is 3. The van der Waals surface area contributed by atoms with Crippen LogP contribution < -0.4 is 15.6 Å². The van der Waals surface area contributed by atoms with E-state index in [9.17, 15) is 14.7 Å². The number of ether oxygens (including phenoxy) is 1. The lowest BCUT2D eigenvalue weighted by Crippen LogP contribution is -2.42. The van der Waals surface area contributed by atoms with Crippen LogP contribution in [0.3, 0.4) is 0 Å². The van der Waals surface area contributed by atoms with Crippen molar-refractivity contribution in [3.63, 3.8) is 0 Å². The van der Waals surface area contributed by atoms with Gasteiger partial charge in [-0.25, -0.2) is 0 Å². The summed E-state index contributed by atoms with van der Waals surface area (Å²) < 4.78 is 6.92. The highest BCUT2D eigenvalue weighted by Crippen LogP contribution is 2.25. The van der Waals surface area contributed by atoms with Gasteiger partial charge in [0.1, 0.15) is 11.5 Å². The van der Waals surface area contributed by atoms with E-state index in [1.807, 2.05) is 11.5 Å². The van der Waals surface area contributed by atoms with E-state index in [0.717, 1.165) is 5.56 Å². The first-order valence-electron chi connectivity index (χ1n) is 9.10. The van der Waals surface area contributed by atoms with E-state index in [0.29, 0.717) is 28.8 Å². The number of amides is 2. The topological polar surface area (TPSA) is 118 Å².